The Labute approximate surface area is 123 Å². The zero-order valence-electron chi connectivity index (χ0n) is 12.3. The molecular formula is C15H19NO5. The lowest BCUT2D eigenvalue weighted by atomic mass is 10.2. The van der Waals surface area contributed by atoms with E-state index in [0.717, 1.165) is 5.56 Å². The Morgan fingerprint density at radius 3 is 2.62 bits per heavy atom. The summed E-state index contributed by atoms with van der Waals surface area (Å²) in [7, 11) is 1.54. The predicted molar refractivity (Wildman–Crippen MR) is 77.9 cm³/mol. The van der Waals surface area contributed by atoms with Crippen LogP contribution in [0.1, 0.15) is 19.4 Å². The van der Waals surface area contributed by atoms with Crippen molar-refractivity contribution in [1.29, 1.82) is 0 Å². The first-order valence-electron chi connectivity index (χ1n) is 6.46. The molecule has 1 amide bonds. The number of carbonyl (C=O) groups excluding carboxylic acids is 2. The van der Waals surface area contributed by atoms with Crippen LogP contribution < -0.4 is 15.2 Å². The molecule has 0 bridgehead atoms. The Balaban J connectivity index is 2.76. The molecule has 21 heavy (non-hydrogen) atoms. The fourth-order valence-electron chi connectivity index (χ4n) is 1.50. The minimum atomic E-state index is -0.961. The highest BCUT2D eigenvalue weighted by atomic mass is 16.5. The second-order valence-corrected chi connectivity index (χ2v) is 4.16. The monoisotopic (exact) mass is 293 g/mol. The number of esters is 1. The van der Waals surface area contributed by atoms with Gasteiger partial charge in [0.25, 0.3) is 5.91 Å². The van der Waals surface area contributed by atoms with E-state index < -0.39 is 18.0 Å². The Kier molecular flexibility index (Phi) is 6.26. The van der Waals surface area contributed by atoms with E-state index in [4.69, 9.17) is 19.9 Å². The van der Waals surface area contributed by atoms with Crippen LogP contribution in [-0.4, -0.2) is 31.7 Å². The van der Waals surface area contributed by atoms with Crippen LogP contribution in [0.2, 0.25) is 0 Å². The first-order chi connectivity index (χ1) is 9.97. The second-order valence-electron chi connectivity index (χ2n) is 4.16. The zero-order chi connectivity index (χ0) is 15.8. The Bertz CT molecular complexity index is 539. The summed E-state index contributed by atoms with van der Waals surface area (Å²) in [4.78, 5) is 22.3. The van der Waals surface area contributed by atoms with Crippen LogP contribution in [0.4, 0.5) is 0 Å². The van der Waals surface area contributed by atoms with Crippen LogP contribution in [0, 0.1) is 0 Å². The number of amides is 1. The molecule has 0 radical (unpaired) electrons. The molecular weight excluding hydrogens is 274 g/mol. The average Bonchev–Trinajstić information content (AvgIpc) is 2.46. The van der Waals surface area contributed by atoms with Gasteiger partial charge in [-0.05, 0) is 37.6 Å². The number of benzene rings is 1. The van der Waals surface area contributed by atoms with E-state index in [2.05, 4.69) is 0 Å². The van der Waals surface area contributed by atoms with Gasteiger partial charge in [-0.3, -0.25) is 4.79 Å². The van der Waals surface area contributed by atoms with Gasteiger partial charge < -0.3 is 19.9 Å². The summed E-state index contributed by atoms with van der Waals surface area (Å²) in [5, 5.41) is 0. The molecule has 1 aromatic rings. The first-order valence-corrected chi connectivity index (χ1v) is 6.46. The molecule has 0 saturated heterocycles. The van der Waals surface area contributed by atoms with Crippen molar-refractivity contribution in [3.8, 4) is 11.5 Å². The quantitative estimate of drug-likeness (QED) is 0.608. The molecule has 1 rings (SSSR count). The molecule has 0 aliphatic carbocycles. The van der Waals surface area contributed by atoms with Crippen LogP contribution in [0.3, 0.4) is 0 Å². The van der Waals surface area contributed by atoms with Crippen molar-refractivity contribution in [1.82, 2.24) is 0 Å². The van der Waals surface area contributed by atoms with Gasteiger partial charge in [-0.2, -0.15) is 0 Å². The number of hydrogen-bond donors (Lipinski definition) is 1. The van der Waals surface area contributed by atoms with Crippen molar-refractivity contribution in [2.45, 2.75) is 20.0 Å². The summed E-state index contributed by atoms with van der Waals surface area (Å²) in [5.74, 6) is -0.145. The standard InChI is InChI=1S/C15H19NO5/c1-4-20-12-7-5-11(9-13(12)19-3)6-8-14(17)21-10(2)15(16)18/h5-10H,4H2,1-3H3,(H2,16,18)/b8-6+/t10-/m0/s1. The van der Waals surface area contributed by atoms with E-state index in [9.17, 15) is 9.59 Å². The van der Waals surface area contributed by atoms with Gasteiger partial charge in [-0.15, -0.1) is 0 Å². The van der Waals surface area contributed by atoms with E-state index in [1.165, 1.54) is 20.1 Å². The highest BCUT2D eigenvalue weighted by molar-refractivity contribution is 5.90. The van der Waals surface area contributed by atoms with Gasteiger partial charge in [0.2, 0.25) is 0 Å². The van der Waals surface area contributed by atoms with Crippen LogP contribution in [-0.2, 0) is 14.3 Å². The van der Waals surface area contributed by atoms with Crippen LogP contribution >= 0.6 is 0 Å². The maximum absolute atomic E-state index is 11.5. The molecule has 1 aromatic carbocycles. The Hall–Kier alpha value is -2.50. The molecule has 0 heterocycles. The molecule has 1 atom stereocenters. The molecule has 0 spiro atoms. The predicted octanol–water partition coefficient (Wildman–Crippen LogP) is 1.52. The number of nitrogens with two attached hydrogens (primary N) is 1. The molecule has 0 aromatic heterocycles. The van der Waals surface area contributed by atoms with E-state index >= 15 is 0 Å². The van der Waals surface area contributed by atoms with Gasteiger partial charge in [0, 0.05) is 6.08 Å². The second kappa shape index (κ2) is 7.94. The third kappa shape index (κ3) is 5.18. The summed E-state index contributed by atoms with van der Waals surface area (Å²) < 4.78 is 15.4. The normalized spacial score (nSPS) is 12.0. The SMILES string of the molecule is CCOc1ccc(/C=C/C(=O)O[C@@H](C)C(N)=O)cc1OC. The van der Waals surface area contributed by atoms with E-state index in [-0.39, 0.29) is 0 Å². The summed E-state index contributed by atoms with van der Waals surface area (Å²) in [5.41, 5.74) is 5.74. The topological polar surface area (TPSA) is 87.9 Å². The van der Waals surface area contributed by atoms with Crippen molar-refractivity contribution in [3.05, 3.63) is 29.8 Å². The smallest absolute Gasteiger partial charge is 0.331 e. The average molecular weight is 293 g/mol. The van der Waals surface area contributed by atoms with Crippen LogP contribution in [0.15, 0.2) is 24.3 Å². The Morgan fingerprint density at radius 2 is 2.05 bits per heavy atom. The summed E-state index contributed by atoms with van der Waals surface area (Å²) in [6.07, 6.45) is 1.81. The van der Waals surface area contributed by atoms with Crippen molar-refractivity contribution in [3.63, 3.8) is 0 Å². The summed E-state index contributed by atoms with van der Waals surface area (Å²) in [6, 6.07) is 5.25. The molecule has 0 aliphatic rings. The van der Waals surface area contributed by atoms with Gasteiger partial charge in [-0.25, -0.2) is 4.79 Å². The number of rotatable bonds is 7. The van der Waals surface area contributed by atoms with Crippen LogP contribution in [0.25, 0.3) is 6.08 Å². The van der Waals surface area contributed by atoms with Crippen molar-refractivity contribution < 1.29 is 23.8 Å². The number of methoxy groups -OCH3 is 1. The van der Waals surface area contributed by atoms with Gasteiger partial charge in [0.1, 0.15) is 0 Å². The largest absolute Gasteiger partial charge is 0.493 e. The van der Waals surface area contributed by atoms with E-state index in [1.807, 2.05) is 6.92 Å². The number of hydrogen-bond acceptors (Lipinski definition) is 5. The van der Waals surface area contributed by atoms with Crippen molar-refractivity contribution >= 4 is 18.0 Å². The Morgan fingerprint density at radius 1 is 1.33 bits per heavy atom. The lowest BCUT2D eigenvalue weighted by molar-refractivity contribution is -0.148. The van der Waals surface area contributed by atoms with Crippen molar-refractivity contribution in [2.75, 3.05) is 13.7 Å². The molecule has 6 nitrogen and oxygen atoms in total. The molecule has 0 aliphatic heterocycles. The summed E-state index contributed by atoms with van der Waals surface area (Å²) >= 11 is 0. The molecule has 2 N–H and O–H groups in total. The zero-order valence-corrected chi connectivity index (χ0v) is 12.3. The molecule has 0 saturated carbocycles. The van der Waals surface area contributed by atoms with Gasteiger partial charge in [0.05, 0.1) is 13.7 Å². The fourth-order valence-corrected chi connectivity index (χ4v) is 1.50. The highest BCUT2D eigenvalue weighted by Crippen LogP contribution is 2.28. The number of ether oxygens (including phenoxy) is 3. The third-order valence-electron chi connectivity index (χ3n) is 2.59. The number of carbonyl (C=O) groups is 2. The van der Waals surface area contributed by atoms with Crippen LogP contribution in [0.5, 0.6) is 11.5 Å². The summed E-state index contributed by atoms with van der Waals surface area (Å²) in [6.45, 7) is 3.82. The van der Waals surface area contributed by atoms with Gasteiger partial charge in [0.15, 0.2) is 17.6 Å². The maximum atomic E-state index is 11.5. The maximum Gasteiger partial charge on any atom is 0.331 e. The lowest BCUT2D eigenvalue weighted by Crippen LogP contribution is -2.29. The first kappa shape index (κ1) is 16.6. The van der Waals surface area contributed by atoms with Gasteiger partial charge in [-0.1, -0.05) is 6.07 Å². The highest BCUT2D eigenvalue weighted by Gasteiger charge is 2.12. The fraction of sp³-hybridized carbons (Fsp3) is 0.333. The van der Waals surface area contributed by atoms with Crippen molar-refractivity contribution in [2.24, 2.45) is 5.73 Å². The van der Waals surface area contributed by atoms with E-state index in [0.29, 0.717) is 18.1 Å². The minimum Gasteiger partial charge on any atom is -0.493 e. The van der Waals surface area contributed by atoms with E-state index in [1.54, 1.807) is 24.3 Å². The molecule has 6 heteroatoms. The van der Waals surface area contributed by atoms with Gasteiger partial charge >= 0.3 is 5.97 Å². The molecule has 0 unspecified atom stereocenters. The number of primary amides is 1. The minimum absolute atomic E-state index is 0.531. The molecule has 114 valence electrons. The molecule has 0 fully saturated rings. The third-order valence-corrected chi connectivity index (χ3v) is 2.59. The lowest BCUT2D eigenvalue weighted by Gasteiger charge is -2.09.